The number of anilines is 2. The molecule has 0 radical (unpaired) electrons. The molecule has 0 bridgehead atoms. The Morgan fingerprint density at radius 2 is 1.71 bits per heavy atom. The van der Waals surface area contributed by atoms with Crippen LogP contribution in [0.4, 0.5) is 11.4 Å². The van der Waals surface area contributed by atoms with E-state index in [4.69, 9.17) is 5.73 Å². The lowest BCUT2D eigenvalue weighted by atomic mass is 10.2. The minimum absolute atomic E-state index is 0.794. The maximum Gasteiger partial charge on any atom is 0.0437 e. The Morgan fingerprint density at radius 1 is 1.06 bits per heavy atom. The molecule has 0 saturated heterocycles. The van der Waals surface area contributed by atoms with Gasteiger partial charge < -0.3 is 10.6 Å². The summed E-state index contributed by atoms with van der Waals surface area (Å²) in [5.74, 6) is 0. The third-order valence-electron chi connectivity index (χ3n) is 2.70. The molecule has 0 aliphatic heterocycles. The molecule has 0 aliphatic rings. The molecule has 0 amide bonds. The lowest BCUT2D eigenvalue weighted by Gasteiger charge is -2.20. The van der Waals surface area contributed by atoms with Crippen LogP contribution < -0.4 is 10.6 Å². The van der Waals surface area contributed by atoms with Gasteiger partial charge in [0, 0.05) is 29.4 Å². The molecule has 88 valence electrons. The topological polar surface area (TPSA) is 29.3 Å². The van der Waals surface area contributed by atoms with Crippen LogP contribution in [0.1, 0.15) is 5.56 Å². The normalized spacial score (nSPS) is 10.2. The molecule has 0 aliphatic carbocycles. The molecule has 2 N–H and O–H groups in total. The number of nitrogen functional groups attached to an aromatic ring is 1. The molecule has 17 heavy (non-hydrogen) atoms. The molecule has 0 atom stereocenters. The van der Waals surface area contributed by atoms with Gasteiger partial charge in [-0.05, 0) is 35.9 Å². The van der Waals surface area contributed by atoms with E-state index in [2.05, 4.69) is 46.1 Å². The summed E-state index contributed by atoms with van der Waals surface area (Å²) in [6.45, 7) is 0.866. The largest absolute Gasteiger partial charge is 0.399 e. The summed E-state index contributed by atoms with van der Waals surface area (Å²) in [6.07, 6.45) is 0. The van der Waals surface area contributed by atoms with Crippen LogP contribution in [0.2, 0.25) is 0 Å². The van der Waals surface area contributed by atoms with E-state index in [9.17, 15) is 0 Å². The van der Waals surface area contributed by atoms with Gasteiger partial charge in [0.05, 0.1) is 0 Å². The summed E-state index contributed by atoms with van der Waals surface area (Å²) in [5.41, 5.74) is 8.90. The first-order chi connectivity index (χ1) is 8.16. The van der Waals surface area contributed by atoms with Crippen LogP contribution in [0.25, 0.3) is 0 Å². The van der Waals surface area contributed by atoms with Crippen molar-refractivity contribution in [1.29, 1.82) is 0 Å². The monoisotopic (exact) mass is 290 g/mol. The van der Waals surface area contributed by atoms with Gasteiger partial charge in [0.25, 0.3) is 0 Å². The Labute approximate surface area is 110 Å². The smallest absolute Gasteiger partial charge is 0.0437 e. The zero-order valence-corrected chi connectivity index (χ0v) is 11.3. The first-order valence-corrected chi connectivity index (χ1v) is 6.26. The molecule has 0 aromatic heterocycles. The van der Waals surface area contributed by atoms with E-state index in [1.54, 1.807) is 0 Å². The Bertz CT molecular complexity index is 494. The molecule has 0 spiro atoms. The first kappa shape index (κ1) is 12.0. The third kappa shape index (κ3) is 3.01. The van der Waals surface area contributed by atoms with Gasteiger partial charge in [-0.3, -0.25) is 0 Å². The predicted octanol–water partition coefficient (Wildman–Crippen LogP) is 3.67. The second-order valence-corrected chi connectivity index (χ2v) is 4.89. The predicted molar refractivity (Wildman–Crippen MR) is 77.1 cm³/mol. The fraction of sp³-hybridized carbons (Fsp3) is 0.143. The fourth-order valence-corrected chi connectivity index (χ4v) is 2.11. The van der Waals surface area contributed by atoms with Crippen molar-refractivity contribution in [2.45, 2.75) is 6.54 Å². The number of benzene rings is 2. The third-order valence-corrected chi connectivity index (χ3v) is 3.47. The zero-order valence-electron chi connectivity index (χ0n) is 9.73. The van der Waals surface area contributed by atoms with E-state index < -0.39 is 0 Å². The summed E-state index contributed by atoms with van der Waals surface area (Å²) < 4.78 is 1.14. The van der Waals surface area contributed by atoms with Crippen molar-refractivity contribution < 1.29 is 0 Å². The average Bonchev–Trinajstić information content (AvgIpc) is 2.33. The number of hydrogen-bond acceptors (Lipinski definition) is 2. The maximum atomic E-state index is 5.68. The van der Waals surface area contributed by atoms with Gasteiger partial charge in [0.15, 0.2) is 0 Å². The number of hydrogen-bond donors (Lipinski definition) is 1. The quantitative estimate of drug-likeness (QED) is 0.874. The van der Waals surface area contributed by atoms with Gasteiger partial charge in [-0.15, -0.1) is 0 Å². The summed E-state index contributed by atoms with van der Waals surface area (Å²) in [7, 11) is 2.07. The van der Waals surface area contributed by atoms with Crippen LogP contribution >= 0.6 is 15.9 Å². The molecule has 0 heterocycles. The molecule has 2 nitrogen and oxygen atoms in total. The standard InChI is InChI=1S/C14H15BrN2/c1-17(13-8-6-12(16)7-9-13)10-11-4-2-3-5-14(11)15/h2-9H,10,16H2,1H3. The van der Waals surface area contributed by atoms with Gasteiger partial charge in [-0.1, -0.05) is 34.1 Å². The molecule has 3 heteroatoms. The van der Waals surface area contributed by atoms with Crippen molar-refractivity contribution in [2.24, 2.45) is 0 Å². The van der Waals surface area contributed by atoms with Crippen LogP contribution in [0.5, 0.6) is 0 Å². The van der Waals surface area contributed by atoms with E-state index in [1.165, 1.54) is 5.56 Å². The number of nitrogens with two attached hydrogens (primary N) is 1. The summed E-state index contributed by atoms with van der Waals surface area (Å²) in [4.78, 5) is 2.19. The summed E-state index contributed by atoms with van der Waals surface area (Å²) in [5, 5.41) is 0. The average molecular weight is 291 g/mol. The van der Waals surface area contributed by atoms with Gasteiger partial charge in [0.1, 0.15) is 0 Å². The second-order valence-electron chi connectivity index (χ2n) is 4.04. The lowest BCUT2D eigenvalue weighted by Crippen LogP contribution is -2.16. The highest BCUT2D eigenvalue weighted by Gasteiger charge is 2.04. The summed E-state index contributed by atoms with van der Waals surface area (Å²) in [6, 6.07) is 16.2. The minimum Gasteiger partial charge on any atom is -0.399 e. The summed E-state index contributed by atoms with van der Waals surface area (Å²) >= 11 is 3.56. The SMILES string of the molecule is CN(Cc1ccccc1Br)c1ccc(N)cc1. The lowest BCUT2D eigenvalue weighted by molar-refractivity contribution is 0.919. The van der Waals surface area contributed by atoms with Crippen LogP contribution in [0, 0.1) is 0 Å². The Hall–Kier alpha value is -1.48. The molecule has 0 unspecified atom stereocenters. The zero-order chi connectivity index (χ0) is 12.3. The van der Waals surface area contributed by atoms with Crippen LogP contribution in [0.3, 0.4) is 0 Å². The Morgan fingerprint density at radius 3 is 2.35 bits per heavy atom. The second kappa shape index (κ2) is 5.23. The highest BCUT2D eigenvalue weighted by Crippen LogP contribution is 2.21. The van der Waals surface area contributed by atoms with Crippen molar-refractivity contribution in [2.75, 3.05) is 17.7 Å². The number of halogens is 1. The van der Waals surface area contributed by atoms with Crippen molar-refractivity contribution in [3.8, 4) is 0 Å². The van der Waals surface area contributed by atoms with E-state index in [-0.39, 0.29) is 0 Å². The van der Waals surface area contributed by atoms with E-state index in [1.807, 2.05) is 30.3 Å². The molecule has 2 rings (SSSR count). The van der Waals surface area contributed by atoms with Crippen LogP contribution in [0.15, 0.2) is 53.0 Å². The van der Waals surface area contributed by atoms with Crippen molar-refractivity contribution >= 4 is 27.3 Å². The number of rotatable bonds is 3. The van der Waals surface area contributed by atoms with Crippen LogP contribution in [-0.4, -0.2) is 7.05 Å². The van der Waals surface area contributed by atoms with Gasteiger partial charge in [-0.2, -0.15) is 0 Å². The van der Waals surface area contributed by atoms with Crippen molar-refractivity contribution in [1.82, 2.24) is 0 Å². The maximum absolute atomic E-state index is 5.68. The molecular weight excluding hydrogens is 276 g/mol. The van der Waals surface area contributed by atoms with Crippen molar-refractivity contribution in [3.63, 3.8) is 0 Å². The molecule has 2 aromatic carbocycles. The van der Waals surface area contributed by atoms with E-state index in [0.29, 0.717) is 0 Å². The van der Waals surface area contributed by atoms with E-state index in [0.717, 1.165) is 22.4 Å². The molecule has 2 aromatic rings. The first-order valence-electron chi connectivity index (χ1n) is 5.47. The molecule has 0 saturated carbocycles. The van der Waals surface area contributed by atoms with Gasteiger partial charge >= 0.3 is 0 Å². The molecule has 0 fully saturated rings. The van der Waals surface area contributed by atoms with E-state index >= 15 is 0 Å². The highest BCUT2D eigenvalue weighted by atomic mass is 79.9. The Kier molecular flexibility index (Phi) is 3.69. The van der Waals surface area contributed by atoms with Gasteiger partial charge in [-0.25, -0.2) is 0 Å². The molecular formula is C14H15BrN2. The van der Waals surface area contributed by atoms with Crippen molar-refractivity contribution in [3.05, 3.63) is 58.6 Å². The highest BCUT2D eigenvalue weighted by molar-refractivity contribution is 9.10. The minimum atomic E-state index is 0.794. The number of nitrogens with zero attached hydrogens (tertiary/aromatic N) is 1. The van der Waals surface area contributed by atoms with Crippen LogP contribution in [-0.2, 0) is 6.54 Å². The fourth-order valence-electron chi connectivity index (χ4n) is 1.70. The Balaban J connectivity index is 2.14. The van der Waals surface area contributed by atoms with Gasteiger partial charge in [0.2, 0.25) is 0 Å².